The lowest BCUT2D eigenvalue weighted by Gasteiger charge is -2.42. The van der Waals surface area contributed by atoms with E-state index in [-0.39, 0.29) is 0 Å². The third kappa shape index (κ3) is 4.25. The first-order valence-corrected chi connectivity index (χ1v) is 9.64. The predicted molar refractivity (Wildman–Crippen MR) is 105 cm³/mol. The number of nitrogens with zero attached hydrogens (tertiary/aromatic N) is 3. The summed E-state index contributed by atoms with van der Waals surface area (Å²) in [6, 6.07) is 14.6. The smallest absolute Gasteiger partial charge is 0.137 e. The molecule has 1 aliphatic heterocycles. The number of aromatic nitrogens is 3. The summed E-state index contributed by atoms with van der Waals surface area (Å²) in [5, 5.41) is 42.4. The lowest BCUT2D eigenvalue weighted by Crippen LogP contribution is -2.60. The maximum Gasteiger partial charge on any atom is 0.137 e. The van der Waals surface area contributed by atoms with Crippen molar-refractivity contribution in [1.82, 2.24) is 20.3 Å². The highest BCUT2D eigenvalue weighted by molar-refractivity contribution is 5.57. The summed E-state index contributed by atoms with van der Waals surface area (Å²) in [5.74, 6) is -0.404. The fourth-order valence-corrected chi connectivity index (χ4v) is 3.60. The van der Waals surface area contributed by atoms with Crippen molar-refractivity contribution >= 4 is 0 Å². The number of nitrogens with one attached hydrogen (secondary N) is 1. The van der Waals surface area contributed by atoms with Gasteiger partial charge in [-0.15, -0.1) is 5.10 Å². The van der Waals surface area contributed by atoms with Gasteiger partial charge in [-0.1, -0.05) is 47.7 Å². The van der Waals surface area contributed by atoms with E-state index in [1.165, 1.54) is 23.0 Å². The van der Waals surface area contributed by atoms with Gasteiger partial charge in [0, 0.05) is 12.1 Å². The first-order valence-electron chi connectivity index (χ1n) is 9.64. The Kier molecular flexibility index (Phi) is 6.16. The van der Waals surface area contributed by atoms with Crippen molar-refractivity contribution in [3.8, 4) is 11.3 Å². The molecule has 0 radical (unpaired) electrons. The number of hydrogen-bond acceptors (Lipinski definition) is 7. The molecule has 1 aliphatic rings. The minimum Gasteiger partial charge on any atom is -0.394 e. The van der Waals surface area contributed by atoms with Crippen LogP contribution in [0.1, 0.15) is 11.6 Å². The molecule has 1 fully saturated rings. The van der Waals surface area contributed by atoms with Crippen LogP contribution in [-0.2, 0) is 11.3 Å². The molecule has 9 heteroatoms. The Morgan fingerprint density at radius 1 is 1.07 bits per heavy atom. The molecule has 1 saturated heterocycles. The van der Waals surface area contributed by atoms with E-state index in [9.17, 15) is 19.7 Å². The van der Waals surface area contributed by atoms with Crippen LogP contribution in [0.15, 0.2) is 60.8 Å². The number of rotatable bonds is 6. The molecule has 158 valence electrons. The number of benzene rings is 2. The molecule has 30 heavy (non-hydrogen) atoms. The Morgan fingerprint density at radius 3 is 2.60 bits per heavy atom. The Hall–Kier alpha value is -2.69. The number of ether oxygens (including phenoxy) is 1. The van der Waals surface area contributed by atoms with E-state index < -0.39 is 43.0 Å². The second-order valence-electron chi connectivity index (χ2n) is 7.21. The Balaban J connectivity index is 1.56. The third-order valence-corrected chi connectivity index (χ3v) is 5.18. The topological polar surface area (TPSA) is 113 Å². The van der Waals surface area contributed by atoms with E-state index in [2.05, 4.69) is 15.6 Å². The average molecular weight is 414 g/mol. The second-order valence-corrected chi connectivity index (χ2v) is 7.21. The molecule has 0 amide bonds. The van der Waals surface area contributed by atoms with Crippen LogP contribution in [0.2, 0.25) is 0 Å². The normalized spacial score (nSPS) is 26.6. The summed E-state index contributed by atoms with van der Waals surface area (Å²) in [4.78, 5) is 0. The van der Waals surface area contributed by atoms with Gasteiger partial charge in [0.05, 0.1) is 12.8 Å². The Bertz CT molecular complexity index is 970. The second kappa shape index (κ2) is 8.99. The van der Waals surface area contributed by atoms with Crippen molar-refractivity contribution in [2.24, 2.45) is 0 Å². The van der Waals surface area contributed by atoms with Crippen LogP contribution in [0.25, 0.3) is 11.3 Å². The molecule has 0 saturated carbocycles. The molecular formula is C21H23FN4O4. The van der Waals surface area contributed by atoms with E-state index in [0.717, 1.165) is 5.56 Å². The van der Waals surface area contributed by atoms with Crippen molar-refractivity contribution in [1.29, 1.82) is 0 Å². The van der Waals surface area contributed by atoms with E-state index in [0.29, 0.717) is 17.8 Å². The zero-order valence-corrected chi connectivity index (χ0v) is 16.0. The number of aliphatic hydroxyl groups is 3. The van der Waals surface area contributed by atoms with Gasteiger partial charge < -0.3 is 20.1 Å². The van der Waals surface area contributed by atoms with Crippen LogP contribution in [0, 0.1) is 5.82 Å². The van der Waals surface area contributed by atoms with Crippen LogP contribution < -0.4 is 5.32 Å². The highest BCUT2D eigenvalue weighted by atomic mass is 19.1. The molecule has 3 aromatic rings. The van der Waals surface area contributed by atoms with Gasteiger partial charge in [-0.25, -0.2) is 9.07 Å². The molecule has 2 heterocycles. The standard InChI is InChI=1S/C21H23FN4O4/c22-15-8-4-7-14(9-15)16-11-26(25-24-16)18-19(28)17(12-27)30-21(20(18)29)23-10-13-5-2-1-3-6-13/h1-9,11,17-21,23,27-29H,10,12H2/t17-,18+,19+,20-,21?/m1/s1. The molecule has 0 spiro atoms. The minimum atomic E-state index is -1.22. The molecule has 2 aromatic carbocycles. The lowest BCUT2D eigenvalue weighted by atomic mass is 9.95. The zero-order chi connectivity index (χ0) is 21.1. The molecule has 8 nitrogen and oxygen atoms in total. The fourth-order valence-electron chi connectivity index (χ4n) is 3.60. The van der Waals surface area contributed by atoms with Crippen LogP contribution in [0.3, 0.4) is 0 Å². The summed E-state index contributed by atoms with van der Waals surface area (Å²) in [6.45, 7) is -0.00517. The number of hydrogen-bond donors (Lipinski definition) is 4. The van der Waals surface area contributed by atoms with Gasteiger partial charge in [-0.05, 0) is 17.7 Å². The molecule has 5 atom stereocenters. The van der Waals surface area contributed by atoms with Gasteiger partial charge in [0.1, 0.15) is 42.1 Å². The summed E-state index contributed by atoms with van der Waals surface area (Å²) in [5.41, 5.74) is 1.91. The summed E-state index contributed by atoms with van der Waals surface area (Å²) in [7, 11) is 0. The highest BCUT2D eigenvalue weighted by Gasteiger charge is 2.45. The van der Waals surface area contributed by atoms with E-state index >= 15 is 0 Å². The largest absolute Gasteiger partial charge is 0.394 e. The molecular weight excluding hydrogens is 391 g/mol. The summed E-state index contributed by atoms with van der Waals surface area (Å²) < 4.78 is 20.5. The summed E-state index contributed by atoms with van der Waals surface area (Å²) in [6.07, 6.45) is -2.64. The number of aliphatic hydroxyl groups excluding tert-OH is 3. The quantitative estimate of drug-likeness (QED) is 0.473. The number of halogens is 1. The SMILES string of the molecule is OC[C@H]1OC(NCc2ccccc2)[C@H](O)[C@@H](n2cc(-c3cccc(F)c3)nn2)[C@H]1O. The van der Waals surface area contributed by atoms with Gasteiger partial charge in [-0.3, -0.25) is 5.32 Å². The van der Waals surface area contributed by atoms with Crippen molar-refractivity contribution in [3.05, 3.63) is 72.2 Å². The highest BCUT2D eigenvalue weighted by Crippen LogP contribution is 2.30. The van der Waals surface area contributed by atoms with Crippen molar-refractivity contribution in [2.75, 3.05) is 6.61 Å². The monoisotopic (exact) mass is 414 g/mol. The van der Waals surface area contributed by atoms with Crippen LogP contribution in [0.4, 0.5) is 4.39 Å². The van der Waals surface area contributed by atoms with E-state index in [1.54, 1.807) is 12.1 Å². The average Bonchev–Trinajstić information content (AvgIpc) is 3.24. The Morgan fingerprint density at radius 2 is 1.87 bits per heavy atom. The Labute approximate surface area is 172 Å². The maximum absolute atomic E-state index is 13.5. The third-order valence-electron chi connectivity index (χ3n) is 5.18. The van der Waals surface area contributed by atoms with Crippen molar-refractivity contribution < 1.29 is 24.4 Å². The molecule has 4 N–H and O–H groups in total. The van der Waals surface area contributed by atoms with E-state index in [4.69, 9.17) is 4.74 Å². The first-order chi connectivity index (χ1) is 14.6. The van der Waals surface area contributed by atoms with Gasteiger partial charge in [0.25, 0.3) is 0 Å². The predicted octanol–water partition coefficient (Wildman–Crippen LogP) is 0.854. The fraction of sp³-hybridized carbons (Fsp3) is 0.333. The van der Waals surface area contributed by atoms with Crippen LogP contribution >= 0.6 is 0 Å². The van der Waals surface area contributed by atoms with E-state index in [1.807, 2.05) is 30.3 Å². The zero-order valence-electron chi connectivity index (χ0n) is 16.0. The van der Waals surface area contributed by atoms with Crippen molar-refractivity contribution in [2.45, 2.75) is 37.1 Å². The molecule has 0 aliphatic carbocycles. The minimum absolute atomic E-state index is 0.398. The van der Waals surface area contributed by atoms with Gasteiger partial charge >= 0.3 is 0 Å². The molecule has 1 aromatic heterocycles. The van der Waals surface area contributed by atoms with Crippen LogP contribution in [0.5, 0.6) is 0 Å². The molecule has 0 bridgehead atoms. The first kappa shape index (κ1) is 20.6. The molecule has 1 unspecified atom stereocenters. The van der Waals surface area contributed by atoms with Gasteiger partial charge in [0.15, 0.2) is 0 Å². The van der Waals surface area contributed by atoms with Gasteiger partial charge in [-0.2, -0.15) is 0 Å². The van der Waals surface area contributed by atoms with Gasteiger partial charge in [0.2, 0.25) is 0 Å². The maximum atomic E-state index is 13.5. The summed E-state index contributed by atoms with van der Waals surface area (Å²) >= 11 is 0. The van der Waals surface area contributed by atoms with Crippen molar-refractivity contribution in [3.63, 3.8) is 0 Å². The molecule has 4 rings (SSSR count). The van der Waals surface area contributed by atoms with Crippen LogP contribution in [-0.4, -0.2) is 61.5 Å². The lowest BCUT2D eigenvalue weighted by molar-refractivity contribution is -0.214.